The lowest BCUT2D eigenvalue weighted by Gasteiger charge is -2.39. The van der Waals surface area contributed by atoms with Gasteiger partial charge >= 0.3 is 0 Å². The van der Waals surface area contributed by atoms with E-state index in [0.717, 1.165) is 6.07 Å². The van der Waals surface area contributed by atoms with Crippen molar-refractivity contribution in [3.63, 3.8) is 0 Å². The first kappa shape index (κ1) is 12.1. The van der Waals surface area contributed by atoms with Crippen LogP contribution >= 0.6 is 11.6 Å². The second-order valence-corrected chi connectivity index (χ2v) is 4.37. The number of hydrogen-bond donors (Lipinski definition) is 1. The van der Waals surface area contributed by atoms with Crippen LogP contribution in [-0.2, 0) is 0 Å². The fraction of sp³-hybridized carbons (Fsp3) is 0.400. The van der Waals surface area contributed by atoms with Gasteiger partial charge in [-0.25, -0.2) is 4.39 Å². The van der Waals surface area contributed by atoms with Crippen LogP contribution in [0.25, 0.3) is 0 Å². The van der Waals surface area contributed by atoms with Crippen LogP contribution in [0.1, 0.15) is 0 Å². The average Bonchev–Trinajstić information content (AvgIpc) is 2.21. The molecule has 0 saturated carbocycles. The van der Waals surface area contributed by atoms with Crippen molar-refractivity contribution in [1.82, 2.24) is 0 Å². The van der Waals surface area contributed by atoms with Gasteiger partial charge in [0.2, 0.25) is 0 Å². The molecule has 1 N–H and O–H groups in total. The maximum absolute atomic E-state index is 13.2. The Morgan fingerprint density at radius 1 is 1.59 bits per heavy atom. The molecular formula is C10H10ClFN2O3. The summed E-state index contributed by atoms with van der Waals surface area (Å²) in [6.07, 6.45) is 0. The Labute approximate surface area is 102 Å². The summed E-state index contributed by atoms with van der Waals surface area (Å²) < 4.78 is 13.2. The monoisotopic (exact) mass is 260 g/mol. The van der Waals surface area contributed by atoms with E-state index in [9.17, 15) is 14.5 Å². The normalized spacial score (nSPS) is 15.8. The van der Waals surface area contributed by atoms with Crippen molar-refractivity contribution in [2.45, 2.75) is 0 Å². The van der Waals surface area contributed by atoms with Gasteiger partial charge in [0, 0.05) is 25.6 Å². The maximum atomic E-state index is 13.2. The van der Waals surface area contributed by atoms with Crippen LogP contribution in [0.3, 0.4) is 0 Å². The number of hydrogen-bond acceptors (Lipinski definition) is 4. The molecule has 0 atom stereocenters. The zero-order chi connectivity index (χ0) is 12.6. The average molecular weight is 261 g/mol. The van der Waals surface area contributed by atoms with Crippen LogP contribution in [-0.4, -0.2) is 29.7 Å². The summed E-state index contributed by atoms with van der Waals surface area (Å²) >= 11 is 5.61. The van der Waals surface area contributed by atoms with Crippen molar-refractivity contribution in [2.75, 3.05) is 24.6 Å². The minimum atomic E-state index is -0.804. The molecule has 1 aromatic rings. The number of nitrogens with zero attached hydrogens (tertiary/aromatic N) is 2. The van der Waals surface area contributed by atoms with E-state index in [0.29, 0.717) is 18.8 Å². The summed E-state index contributed by atoms with van der Waals surface area (Å²) in [7, 11) is 0. The summed E-state index contributed by atoms with van der Waals surface area (Å²) in [5, 5.41) is 19.5. The molecule has 5 nitrogen and oxygen atoms in total. The van der Waals surface area contributed by atoms with E-state index in [1.807, 2.05) is 0 Å². The number of anilines is 1. The Hall–Kier alpha value is -1.40. The minimum Gasteiger partial charge on any atom is -0.396 e. The summed E-state index contributed by atoms with van der Waals surface area (Å²) in [4.78, 5) is 11.9. The Kier molecular flexibility index (Phi) is 3.17. The first-order valence-corrected chi connectivity index (χ1v) is 5.40. The van der Waals surface area contributed by atoms with Crippen LogP contribution in [0.2, 0.25) is 5.02 Å². The van der Waals surface area contributed by atoms with Crippen molar-refractivity contribution in [3.8, 4) is 0 Å². The molecule has 0 aliphatic carbocycles. The number of benzene rings is 1. The second-order valence-electron chi connectivity index (χ2n) is 3.97. The quantitative estimate of drug-likeness (QED) is 0.665. The van der Waals surface area contributed by atoms with Gasteiger partial charge in [-0.1, -0.05) is 11.6 Å². The zero-order valence-electron chi connectivity index (χ0n) is 8.77. The Balaban J connectivity index is 2.33. The maximum Gasteiger partial charge on any atom is 0.295 e. The molecule has 17 heavy (non-hydrogen) atoms. The molecule has 1 aliphatic rings. The van der Waals surface area contributed by atoms with Gasteiger partial charge in [-0.3, -0.25) is 10.1 Å². The van der Waals surface area contributed by atoms with E-state index in [1.165, 1.54) is 6.07 Å². The molecule has 0 radical (unpaired) electrons. The smallest absolute Gasteiger partial charge is 0.295 e. The third kappa shape index (κ3) is 2.18. The van der Waals surface area contributed by atoms with Gasteiger partial charge in [0.15, 0.2) is 0 Å². The van der Waals surface area contributed by atoms with Crippen molar-refractivity contribution < 1.29 is 14.4 Å². The summed E-state index contributed by atoms with van der Waals surface area (Å²) in [6.45, 7) is 1.07. The predicted molar refractivity (Wildman–Crippen MR) is 60.9 cm³/mol. The second kappa shape index (κ2) is 4.46. The van der Waals surface area contributed by atoms with E-state index in [4.69, 9.17) is 16.7 Å². The molecule has 0 aromatic heterocycles. The molecule has 0 unspecified atom stereocenters. The van der Waals surface area contributed by atoms with Crippen LogP contribution in [0.5, 0.6) is 0 Å². The lowest BCUT2D eigenvalue weighted by Crippen LogP contribution is -2.48. The first-order chi connectivity index (χ1) is 8.02. The highest BCUT2D eigenvalue weighted by atomic mass is 35.5. The number of rotatable bonds is 3. The molecule has 1 fully saturated rings. The van der Waals surface area contributed by atoms with Gasteiger partial charge < -0.3 is 10.0 Å². The minimum absolute atomic E-state index is 0.0409. The molecule has 1 aromatic carbocycles. The largest absolute Gasteiger partial charge is 0.396 e. The third-order valence-electron chi connectivity index (χ3n) is 2.77. The number of halogens is 2. The zero-order valence-corrected chi connectivity index (χ0v) is 9.52. The van der Waals surface area contributed by atoms with Gasteiger partial charge in [-0.2, -0.15) is 0 Å². The molecule has 1 heterocycles. The third-order valence-corrected chi connectivity index (χ3v) is 3.06. The van der Waals surface area contributed by atoms with E-state index in [1.54, 1.807) is 4.90 Å². The SMILES string of the molecule is O=[N+]([O-])c1cc(F)c(Cl)cc1N1CC(CO)C1. The molecule has 92 valence electrons. The van der Waals surface area contributed by atoms with E-state index in [-0.39, 0.29) is 23.2 Å². The summed E-state index contributed by atoms with van der Waals surface area (Å²) in [5.41, 5.74) is -0.00519. The van der Waals surface area contributed by atoms with Crippen molar-refractivity contribution >= 4 is 23.0 Å². The lowest BCUT2D eigenvalue weighted by molar-refractivity contribution is -0.384. The summed E-state index contributed by atoms with van der Waals surface area (Å²) in [5.74, 6) is -0.695. The van der Waals surface area contributed by atoms with Crippen LogP contribution in [0.4, 0.5) is 15.8 Å². The van der Waals surface area contributed by atoms with Gasteiger partial charge in [0.05, 0.1) is 16.0 Å². The fourth-order valence-electron chi connectivity index (χ4n) is 1.81. The highest BCUT2D eigenvalue weighted by Crippen LogP contribution is 2.36. The number of nitro benzene ring substituents is 1. The van der Waals surface area contributed by atoms with E-state index in [2.05, 4.69) is 0 Å². The van der Waals surface area contributed by atoms with Gasteiger partial charge in [0.1, 0.15) is 11.5 Å². The lowest BCUT2D eigenvalue weighted by atomic mass is 10.00. The van der Waals surface area contributed by atoms with Crippen LogP contribution in [0.15, 0.2) is 12.1 Å². The molecule has 2 rings (SSSR count). The van der Waals surface area contributed by atoms with Crippen LogP contribution in [0, 0.1) is 21.8 Å². The molecule has 0 amide bonds. The standard InChI is InChI=1S/C10H10ClFN2O3/c11-7-1-9(13-3-6(4-13)5-15)10(14(16)17)2-8(7)12/h1-2,6,15H,3-5H2. The molecule has 0 bridgehead atoms. The Bertz CT molecular complexity index is 463. The fourth-order valence-corrected chi connectivity index (χ4v) is 1.97. The highest BCUT2D eigenvalue weighted by Gasteiger charge is 2.31. The molecule has 0 spiro atoms. The topological polar surface area (TPSA) is 66.6 Å². The first-order valence-electron chi connectivity index (χ1n) is 5.02. The van der Waals surface area contributed by atoms with Gasteiger partial charge in [-0.15, -0.1) is 0 Å². The Morgan fingerprint density at radius 2 is 2.24 bits per heavy atom. The van der Waals surface area contributed by atoms with Crippen LogP contribution < -0.4 is 4.90 Å². The molecule has 7 heteroatoms. The summed E-state index contributed by atoms with van der Waals surface area (Å²) in [6, 6.07) is 2.08. The molecule has 1 saturated heterocycles. The van der Waals surface area contributed by atoms with Crippen molar-refractivity contribution in [3.05, 3.63) is 33.1 Å². The number of nitro groups is 1. The van der Waals surface area contributed by atoms with Gasteiger partial charge in [-0.05, 0) is 6.07 Å². The van der Waals surface area contributed by atoms with Crippen molar-refractivity contribution in [1.29, 1.82) is 0 Å². The molecule has 1 aliphatic heterocycles. The Morgan fingerprint density at radius 3 is 2.76 bits per heavy atom. The van der Waals surface area contributed by atoms with Gasteiger partial charge in [0.25, 0.3) is 5.69 Å². The van der Waals surface area contributed by atoms with Crippen molar-refractivity contribution in [2.24, 2.45) is 5.92 Å². The van der Waals surface area contributed by atoms with E-state index >= 15 is 0 Å². The molecular weight excluding hydrogens is 251 g/mol. The predicted octanol–water partition coefficient (Wildman–Crippen LogP) is 1.82. The highest BCUT2D eigenvalue weighted by molar-refractivity contribution is 6.31. The number of aliphatic hydroxyl groups excluding tert-OH is 1. The van der Waals surface area contributed by atoms with E-state index < -0.39 is 10.7 Å². The number of aliphatic hydroxyl groups is 1.